The van der Waals surface area contributed by atoms with Gasteiger partial charge in [0, 0.05) is 12.3 Å². The lowest BCUT2D eigenvalue weighted by atomic mass is 9.94. The number of carbonyl (C=O) groups is 4. The van der Waals surface area contributed by atoms with Gasteiger partial charge in [-0.15, -0.1) is 11.8 Å². The van der Waals surface area contributed by atoms with Crippen molar-refractivity contribution in [3.63, 3.8) is 0 Å². The number of ether oxygens (including phenoxy) is 1. The van der Waals surface area contributed by atoms with Gasteiger partial charge in [0.1, 0.15) is 4.75 Å². The Balaban J connectivity index is 3.11. The fraction of sp³-hybridized carbons (Fsp3) is 0.545. The maximum atomic E-state index is 13.2. The first-order valence-electron chi connectivity index (χ1n) is 10.4. The van der Waals surface area contributed by atoms with Crippen molar-refractivity contribution in [2.75, 3.05) is 25.4 Å². The van der Waals surface area contributed by atoms with E-state index < -0.39 is 47.1 Å². The van der Waals surface area contributed by atoms with Gasteiger partial charge in [-0.3, -0.25) is 9.59 Å². The Morgan fingerprint density at radius 3 is 2.06 bits per heavy atom. The lowest BCUT2D eigenvalue weighted by molar-refractivity contribution is -0.175. The molecular weight excluding hydrogens is 438 g/mol. The van der Waals surface area contributed by atoms with Gasteiger partial charge in [0.05, 0.1) is 12.8 Å². The molecule has 1 aromatic rings. The summed E-state index contributed by atoms with van der Waals surface area (Å²) in [5.41, 5.74) is -2.25. The Bertz CT molecular complexity index is 798. The third-order valence-electron chi connectivity index (χ3n) is 5.20. The van der Waals surface area contributed by atoms with Crippen LogP contribution < -0.4 is 0 Å². The summed E-state index contributed by atoms with van der Waals surface area (Å²) in [5.74, 6) is -5.11. The van der Waals surface area contributed by atoms with Crippen LogP contribution in [0, 0.1) is 0 Å². The molecule has 0 aliphatic heterocycles. The molecule has 0 aliphatic carbocycles. The second kappa shape index (κ2) is 12.6. The topological polar surface area (TPSA) is 141 Å². The molecular formula is C22H31NO8S. The minimum absolute atomic E-state index is 0.296. The van der Waals surface area contributed by atoms with Crippen LogP contribution in [0.4, 0.5) is 0 Å². The molecule has 178 valence electrons. The first-order valence-corrected chi connectivity index (χ1v) is 11.4. The molecule has 2 atom stereocenters. The molecule has 10 heteroatoms. The quantitative estimate of drug-likeness (QED) is 0.274. The van der Waals surface area contributed by atoms with Crippen LogP contribution in [-0.4, -0.2) is 75.1 Å². The highest BCUT2D eigenvalue weighted by Gasteiger charge is 2.45. The van der Waals surface area contributed by atoms with E-state index in [4.69, 9.17) is 14.9 Å². The number of benzene rings is 1. The first-order chi connectivity index (χ1) is 15.0. The van der Waals surface area contributed by atoms with Crippen LogP contribution in [0.5, 0.6) is 0 Å². The maximum absolute atomic E-state index is 13.2. The predicted molar refractivity (Wildman–Crippen MR) is 119 cm³/mol. The molecule has 0 saturated carbocycles. The highest BCUT2D eigenvalue weighted by Crippen LogP contribution is 2.41. The zero-order valence-electron chi connectivity index (χ0n) is 18.6. The highest BCUT2D eigenvalue weighted by atomic mass is 32.2. The van der Waals surface area contributed by atoms with Gasteiger partial charge in [-0.25, -0.2) is 9.59 Å². The lowest BCUT2D eigenvalue weighted by Gasteiger charge is -2.31. The van der Waals surface area contributed by atoms with Crippen LogP contribution >= 0.6 is 11.8 Å². The molecule has 0 heterocycles. The van der Waals surface area contributed by atoms with E-state index in [0.717, 1.165) is 13.1 Å². The van der Waals surface area contributed by atoms with Gasteiger partial charge < -0.3 is 25.0 Å². The Morgan fingerprint density at radius 2 is 1.59 bits per heavy atom. The van der Waals surface area contributed by atoms with Gasteiger partial charge in [-0.05, 0) is 25.1 Å². The molecule has 0 radical (unpaired) electrons. The summed E-state index contributed by atoms with van der Waals surface area (Å²) in [7, 11) is 0. The summed E-state index contributed by atoms with van der Waals surface area (Å²) in [4.78, 5) is 49.9. The predicted octanol–water partition coefficient (Wildman–Crippen LogP) is 2.12. The van der Waals surface area contributed by atoms with E-state index >= 15 is 0 Å². The number of aliphatic carboxylic acids is 2. The molecule has 1 aromatic carbocycles. The molecule has 2 unspecified atom stereocenters. The van der Waals surface area contributed by atoms with Gasteiger partial charge in [0.2, 0.25) is 0 Å². The zero-order chi connectivity index (χ0) is 24.4. The number of carboxylic acids is 2. The molecule has 9 nitrogen and oxygen atoms in total. The Kier molecular flexibility index (Phi) is 10.8. The number of carboxylic acid groups (broad SMARTS) is 2. The maximum Gasteiger partial charge on any atom is 0.336 e. The molecule has 0 aliphatic rings. The lowest BCUT2D eigenvalue weighted by Crippen LogP contribution is -2.44. The second-order valence-electron chi connectivity index (χ2n) is 7.27. The van der Waals surface area contributed by atoms with Gasteiger partial charge in [0.15, 0.2) is 5.60 Å². The van der Waals surface area contributed by atoms with E-state index in [-0.39, 0.29) is 0 Å². The van der Waals surface area contributed by atoms with E-state index in [1.54, 1.807) is 37.3 Å². The molecule has 0 amide bonds. The highest BCUT2D eigenvalue weighted by molar-refractivity contribution is 8.01. The number of nitrogens with zero attached hydrogens (tertiary/aromatic N) is 1. The largest absolute Gasteiger partial charge is 0.481 e. The average molecular weight is 470 g/mol. The number of aliphatic hydroxyl groups is 1. The molecule has 32 heavy (non-hydrogen) atoms. The van der Waals surface area contributed by atoms with Gasteiger partial charge >= 0.3 is 23.9 Å². The zero-order valence-corrected chi connectivity index (χ0v) is 19.4. The van der Waals surface area contributed by atoms with Crippen molar-refractivity contribution in [3.8, 4) is 0 Å². The molecule has 0 saturated heterocycles. The van der Waals surface area contributed by atoms with Crippen molar-refractivity contribution in [1.82, 2.24) is 4.90 Å². The standard InChI is InChI=1S/C22H31NO8S/c1-4-22(16-10-8-7-9-11-16,32-13-12-23(5-2)6-3)20(29)31-18(26)15-21(30,19(27)28)14-17(24)25/h7-11,30H,4-6,12-15H2,1-3H3,(H,24,25)(H,27,28). The van der Waals surface area contributed by atoms with Crippen LogP contribution in [0.2, 0.25) is 0 Å². The third kappa shape index (κ3) is 7.32. The Morgan fingerprint density at radius 1 is 1.00 bits per heavy atom. The number of hydrogen-bond donors (Lipinski definition) is 3. The molecule has 3 N–H and O–H groups in total. The van der Waals surface area contributed by atoms with Crippen LogP contribution in [0.25, 0.3) is 0 Å². The summed E-state index contributed by atoms with van der Waals surface area (Å²) in [6, 6.07) is 8.81. The average Bonchev–Trinajstić information content (AvgIpc) is 2.74. The fourth-order valence-electron chi connectivity index (χ4n) is 3.23. The SMILES string of the molecule is CCN(CC)CCSC(CC)(C(=O)OC(=O)CC(O)(CC(=O)O)C(=O)O)c1ccccc1. The molecule has 0 spiro atoms. The fourth-order valence-corrected chi connectivity index (χ4v) is 4.60. The smallest absolute Gasteiger partial charge is 0.336 e. The van der Waals surface area contributed by atoms with Gasteiger partial charge in [0.25, 0.3) is 0 Å². The van der Waals surface area contributed by atoms with Gasteiger partial charge in [-0.2, -0.15) is 0 Å². The normalized spacial score (nSPS) is 14.9. The molecule has 0 aromatic heterocycles. The van der Waals surface area contributed by atoms with Crippen molar-refractivity contribution in [2.24, 2.45) is 0 Å². The van der Waals surface area contributed by atoms with E-state index in [9.17, 15) is 24.3 Å². The van der Waals surface area contributed by atoms with Crippen LogP contribution in [-0.2, 0) is 28.7 Å². The van der Waals surface area contributed by atoms with E-state index in [1.807, 2.05) is 13.8 Å². The van der Waals surface area contributed by atoms with Crippen LogP contribution in [0.15, 0.2) is 30.3 Å². The number of esters is 2. The van der Waals surface area contributed by atoms with Crippen molar-refractivity contribution in [1.29, 1.82) is 0 Å². The summed E-state index contributed by atoms with van der Waals surface area (Å²) < 4.78 is 3.75. The summed E-state index contributed by atoms with van der Waals surface area (Å²) in [5, 5.41) is 28.1. The number of hydrogen-bond acceptors (Lipinski definition) is 8. The van der Waals surface area contributed by atoms with Crippen LogP contribution in [0.3, 0.4) is 0 Å². The van der Waals surface area contributed by atoms with E-state index in [2.05, 4.69) is 4.90 Å². The van der Waals surface area contributed by atoms with Crippen molar-refractivity contribution in [3.05, 3.63) is 35.9 Å². The summed E-state index contributed by atoms with van der Waals surface area (Å²) in [6.45, 7) is 8.26. The Labute approximate surface area is 191 Å². The minimum atomic E-state index is -2.87. The van der Waals surface area contributed by atoms with E-state index in [1.165, 1.54) is 11.8 Å². The first kappa shape index (κ1) is 27.6. The van der Waals surface area contributed by atoms with Crippen molar-refractivity contribution >= 4 is 35.6 Å². The minimum Gasteiger partial charge on any atom is -0.481 e. The van der Waals surface area contributed by atoms with Crippen molar-refractivity contribution in [2.45, 2.75) is 50.4 Å². The molecule has 1 rings (SSSR count). The monoisotopic (exact) mass is 469 g/mol. The Hall–Kier alpha value is -2.43. The van der Waals surface area contributed by atoms with E-state index in [0.29, 0.717) is 24.3 Å². The van der Waals surface area contributed by atoms with Crippen molar-refractivity contribution < 1.29 is 39.2 Å². The summed E-state index contributed by atoms with van der Waals surface area (Å²) in [6.07, 6.45) is -2.08. The third-order valence-corrected chi connectivity index (χ3v) is 6.77. The second-order valence-corrected chi connectivity index (χ2v) is 8.66. The molecule has 0 bridgehead atoms. The number of rotatable bonds is 14. The van der Waals surface area contributed by atoms with Crippen LogP contribution in [0.1, 0.15) is 45.6 Å². The number of carbonyl (C=O) groups excluding carboxylic acids is 2. The molecule has 0 fully saturated rings. The summed E-state index contributed by atoms with van der Waals surface area (Å²) >= 11 is 1.32. The van der Waals surface area contributed by atoms with Gasteiger partial charge in [-0.1, -0.05) is 51.1 Å². The number of thioether (sulfide) groups is 1.